The van der Waals surface area contributed by atoms with E-state index in [0.29, 0.717) is 57.2 Å². The Morgan fingerprint density at radius 1 is 1.22 bits per heavy atom. The van der Waals surface area contributed by atoms with Crippen LogP contribution in [0, 0.1) is 12.7 Å². The number of methoxy groups -OCH3 is 1. The van der Waals surface area contributed by atoms with Crippen LogP contribution < -0.4 is 5.56 Å². The molecular weight excluding hydrogens is 417 g/mol. The molecule has 0 aliphatic carbocycles. The maximum atomic E-state index is 14.1. The van der Waals surface area contributed by atoms with Crippen LogP contribution >= 0.6 is 0 Å². The molecule has 1 saturated heterocycles. The van der Waals surface area contributed by atoms with Gasteiger partial charge in [-0.3, -0.25) is 9.69 Å². The molecule has 0 spiro atoms. The fourth-order valence-corrected chi connectivity index (χ4v) is 4.10. The normalized spacial score (nSPS) is 15.6. The zero-order chi connectivity index (χ0) is 23.3. The van der Waals surface area contributed by atoms with E-state index < -0.39 is 11.9 Å². The van der Waals surface area contributed by atoms with Crippen LogP contribution in [0.3, 0.4) is 0 Å². The van der Waals surface area contributed by atoms with E-state index in [4.69, 9.17) is 9.47 Å². The summed E-state index contributed by atoms with van der Waals surface area (Å²) in [6, 6.07) is 6.92. The van der Waals surface area contributed by atoms with Gasteiger partial charge in [0.15, 0.2) is 0 Å². The second kappa shape index (κ2) is 10.6. The molecule has 174 valence electrons. The summed E-state index contributed by atoms with van der Waals surface area (Å²) in [5, 5.41) is 10.8. The van der Waals surface area contributed by atoms with Gasteiger partial charge < -0.3 is 24.0 Å². The lowest BCUT2D eigenvalue weighted by Crippen LogP contribution is -2.50. The van der Waals surface area contributed by atoms with Crippen molar-refractivity contribution in [3.63, 3.8) is 0 Å². The number of aromatic hydroxyl groups is 1. The van der Waals surface area contributed by atoms with Crippen molar-refractivity contribution >= 4 is 6.09 Å². The van der Waals surface area contributed by atoms with Crippen molar-refractivity contribution in [1.82, 2.24) is 14.4 Å². The van der Waals surface area contributed by atoms with Gasteiger partial charge in [-0.1, -0.05) is 12.1 Å². The number of amides is 1. The van der Waals surface area contributed by atoms with E-state index >= 15 is 0 Å². The molecule has 1 amide bonds. The summed E-state index contributed by atoms with van der Waals surface area (Å²) in [4.78, 5) is 29.1. The summed E-state index contributed by atoms with van der Waals surface area (Å²) in [5.41, 5.74) is 1.01. The third-order valence-corrected chi connectivity index (χ3v) is 5.69. The molecule has 8 nitrogen and oxygen atoms in total. The lowest BCUT2D eigenvalue weighted by Gasteiger charge is -2.39. The Balaban J connectivity index is 2.02. The largest absolute Gasteiger partial charge is 0.507 e. The summed E-state index contributed by atoms with van der Waals surface area (Å²) >= 11 is 0. The number of rotatable bonds is 7. The number of aryl methyl sites for hydroxylation is 1. The molecule has 0 saturated carbocycles. The van der Waals surface area contributed by atoms with E-state index in [1.165, 1.54) is 12.1 Å². The first-order valence-corrected chi connectivity index (χ1v) is 10.7. The molecular formula is C23H30FN3O5. The molecule has 2 aromatic rings. The fourth-order valence-electron chi connectivity index (χ4n) is 4.10. The standard InChI is InChI=1S/C23H30FN3O5/c1-4-32-23(30)26-10-8-25(9-11-26)21(17-6-5-7-18(24)15-17)20-19(28)14-16(2)27(22(20)29)12-13-31-3/h5-7,14-15,21,28H,4,8-13H2,1-3H3/t21-/m0/s1. The minimum atomic E-state index is -0.669. The summed E-state index contributed by atoms with van der Waals surface area (Å²) in [6.07, 6.45) is -0.380. The van der Waals surface area contributed by atoms with Gasteiger partial charge in [0.05, 0.1) is 24.8 Å². The van der Waals surface area contributed by atoms with Crippen LogP contribution in [0.25, 0.3) is 0 Å². The summed E-state index contributed by atoms with van der Waals surface area (Å²) in [5.74, 6) is -0.563. The van der Waals surface area contributed by atoms with Crippen molar-refractivity contribution in [3.05, 3.63) is 63.3 Å². The fraction of sp³-hybridized carbons (Fsp3) is 0.478. The van der Waals surface area contributed by atoms with Gasteiger partial charge in [0.2, 0.25) is 0 Å². The molecule has 1 aromatic heterocycles. The molecule has 2 heterocycles. The van der Waals surface area contributed by atoms with Gasteiger partial charge in [0, 0.05) is 45.5 Å². The smallest absolute Gasteiger partial charge is 0.409 e. The molecule has 1 atom stereocenters. The van der Waals surface area contributed by atoms with Crippen molar-refractivity contribution in [2.75, 3.05) is 46.5 Å². The second-order valence-electron chi connectivity index (χ2n) is 7.71. The highest BCUT2D eigenvalue weighted by Gasteiger charge is 2.33. The van der Waals surface area contributed by atoms with Crippen molar-refractivity contribution in [2.45, 2.75) is 26.4 Å². The van der Waals surface area contributed by atoms with Gasteiger partial charge >= 0.3 is 6.09 Å². The van der Waals surface area contributed by atoms with Crippen LogP contribution in [-0.4, -0.2) is 72.1 Å². The van der Waals surface area contributed by atoms with E-state index in [1.54, 1.807) is 48.6 Å². The first-order chi connectivity index (χ1) is 15.4. The zero-order valence-electron chi connectivity index (χ0n) is 18.7. The molecule has 0 radical (unpaired) electrons. The van der Waals surface area contributed by atoms with Crippen LogP contribution in [0.15, 0.2) is 35.1 Å². The van der Waals surface area contributed by atoms with Gasteiger partial charge in [-0.2, -0.15) is 0 Å². The summed E-state index contributed by atoms with van der Waals surface area (Å²) in [6.45, 7) is 6.14. The molecule has 0 unspecified atom stereocenters. The van der Waals surface area contributed by atoms with Crippen molar-refractivity contribution < 1.29 is 23.8 Å². The number of carbonyl (C=O) groups is 1. The highest BCUT2D eigenvalue weighted by Crippen LogP contribution is 2.33. The maximum Gasteiger partial charge on any atom is 0.409 e. The van der Waals surface area contributed by atoms with Crippen LogP contribution in [0.5, 0.6) is 5.75 Å². The quantitative estimate of drug-likeness (QED) is 0.702. The first-order valence-electron chi connectivity index (χ1n) is 10.7. The lowest BCUT2D eigenvalue weighted by atomic mass is 9.96. The molecule has 0 bridgehead atoms. The lowest BCUT2D eigenvalue weighted by molar-refractivity contribution is 0.0708. The molecule has 32 heavy (non-hydrogen) atoms. The van der Waals surface area contributed by atoms with Crippen molar-refractivity contribution in [2.24, 2.45) is 0 Å². The third kappa shape index (κ3) is 5.11. The number of ether oxygens (including phenoxy) is 2. The number of halogens is 1. The van der Waals surface area contributed by atoms with Gasteiger partial charge in [0.25, 0.3) is 5.56 Å². The number of aromatic nitrogens is 1. The monoisotopic (exact) mass is 447 g/mol. The molecule has 1 aliphatic rings. The maximum absolute atomic E-state index is 14.1. The highest BCUT2D eigenvalue weighted by atomic mass is 19.1. The molecule has 1 fully saturated rings. The Morgan fingerprint density at radius 2 is 1.94 bits per heavy atom. The molecule has 9 heteroatoms. The zero-order valence-corrected chi connectivity index (χ0v) is 18.7. The minimum absolute atomic E-state index is 0.136. The number of piperazine rings is 1. The predicted molar refractivity (Wildman–Crippen MR) is 117 cm³/mol. The van der Waals surface area contributed by atoms with Gasteiger partial charge in [-0.15, -0.1) is 0 Å². The molecule has 3 rings (SSSR count). The van der Waals surface area contributed by atoms with Gasteiger partial charge in [-0.25, -0.2) is 9.18 Å². The van der Waals surface area contributed by atoms with E-state index in [9.17, 15) is 19.1 Å². The Bertz CT molecular complexity index is 1000. The van der Waals surface area contributed by atoms with Crippen LogP contribution in [0.1, 0.15) is 29.8 Å². The Labute approximate surface area is 186 Å². The third-order valence-electron chi connectivity index (χ3n) is 5.69. The number of hydrogen-bond donors (Lipinski definition) is 1. The van der Waals surface area contributed by atoms with Crippen molar-refractivity contribution in [1.29, 1.82) is 0 Å². The van der Waals surface area contributed by atoms with E-state index in [0.717, 1.165) is 0 Å². The van der Waals surface area contributed by atoms with Gasteiger partial charge in [-0.05, 0) is 37.6 Å². The van der Waals surface area contributed by atoms with E-state index in [2.05, 4.69) is 0 Å². The summed E-state index contributed by atoms with van der Waals surface area (Å²) in [7, 11) is 1.56. The Hall–Kier alpha value is -2.91. The number of hydrogen-bond acceptors (Lipinski definition) is 6. The average Bonchev–Trinajstić information content (AvgIpc) is 2.77. The minimum Gasteiger partial charge on any atom is -0.507 e. The van der Waals surface area contributed by atoms with Crippen molar-refractivity contribution in [3.8, 4) is 5.75 Å². The molecule has 1 aromatic carbocycles. The number of pyridine rings is 1. The second-order valence-corrected chi connectivity index (χ2v) is 7.71. The van der Waals surface area contributed by atoms with Crippen LogP contribution in [0.4, 0.5) is 9.18 Å². The Morgan fingerprint density at radius 3 is 2.56 bits per heavy atom. The van der Waals surface area contributed by atoms with Gasteiger partial charge in [0.1, 0.15) is 11.6 Å². The molecule has 1 aliphatic heterocycles. The predicted octanol–water partition coefficient (Wildman–Crippen LogP) is 2.51. The SMILES string of the molecule is CCOC(=O)N1CCN([C@@H](c2cccc(F)c2)c2c(O)cc(C)n(CCOC)c2=O)CC1. The highest BCUT2D eigenvalue weighted by molar-refractivity contribution is 5.67. The number of benzene rings is 1. The number of nitrogens with zero attached hydrogens (tertiary/aromatic N) is 3. The van der Waals surface area contributed by atoms with Crippen LogP contribution in [-0.2, 0) is 16.0 Å². The molecule has 1 N–H and O–H groups in total. The topological polar surface area (TPSA) is 84.2 Å². The average molecular weight is 448 g/mol. The number of carbonyl (C=O) groups excluding carboxylic acids is 1. The van der Waals surface area contributed by atoms with Crippen LogP contribution in [0.2, 0.25) is 0 Å². The summed E-state index contributed by atoms with van der Waals surface area (Å²) < 4.78 is 25.9. The Kier molecular flexibility index (Phi) is 7.87. The van der Waals surface area contributed by atoms with E-state index in [1.807, 2.05) is 4.90 Å². The van der Waals surface area contributed by atoms with E-state index in [-0.39, 0.29) is 23.0 Å². The first kappa shape index (κ1) is 23.7.